The summed E-state index contributed by atoms with van der Waals surface area (Å²) in [6.45, 7) is 4.16. The Hall–Kier alpha value is -3.59. The Morgan fingerprint density at radius 1 is 0.348 bits per heavy atom. The highest BCUT2D eigenvalue weighted by molar-refractivity contribution is 7.45. The van der Waals surface area contributed by atoms with E-state index >= 15 is 0 Å². The lowest BCUT2D eigenvalue weighted by atomic mass is 10.0. The lowest BCUT2D eigenvalue weighted by molar-refractivity contribution is -0.870. The molecule has 0 fully saturated rings. The van der Waals surface area contributed by atoms with Crippen LogP contribution >= 0.6 is 7.82 Å². The van der Waals surface area contributed by atoms with Gasteiger partial charge in [-0.2, -0.15) is 0 Å². The maximum absolute atomic E-state index is 12.9. The standard InChI is InChI=1S/C82H144NO8P/c1-6-8-10-12-14-16-18-20-22-24-26-28-30-32-34-35-36-37-38-39-40-41-42-43-44-45-46-47-49-51-53-55-57-59-61-63-65-67-69-71-73-75-82(85)91-80(79-90-92(86,87)89-77-76-83(3,4)5)78-88-81(84)74-72-70-68-66-64-62-60-58-56-54-52-50-48-33-31-29-27-25-23-21-19-17-15-13-11-9-7-2/h8,10,14,16,20,22,26,28,32,34,36-37,39-40,42-43,45-46,49,51,80H,6-7,9,11-13,15,17-19,21,23-25,27,29-31,33,35,38,41,44,47-48,50,52-79H2,1-5H3/b10-8-,16-14-,22-20-,28-26-,34-32-,37-36-,40-39-,43-42-,46-45-,51-49-. The van der Waals surface area contributed by atoms with Crippen molar-refractivity contribution in [1.29, 1.82) is 0 Å². The van der Waals surface area contributed by atoms with Crippen LogP contribution in [0, 0.1) is 0 Å². The van der Waals surface area contributed by atoms with Gasteiger partial charge in [-0.15, -0.1) is 0 Å². The molecule has 2 unspecified atom stereocenters. The van der Waals surface area contributed by atoms with Crippen molar-refractivity contribution in [2.45, 2.75) is 341 Å². The minimum Gasteiger partial charge on any atom is -0.756 e. The maximum atomic E-state index is 12.9. The van der Waals surface area contributed by atoms with Crippen LogP contribution < -0.4 is 4.89 Å². The first-order chi connectivity index (χ1) is 45.0. The second-order valence-electron chi connectivity index (χ2n) is 26.6. The van der Waals surface area contributed by atoms with E-state index in [0.29, 0.717) is 17.4 Å². The third-order valence-electron chi connectivity index (χ3n) is 16.5. The summed E-state index contributed by atoms with van der Waals surface area (Å²) >= 11 is 0. The average Bonchev–Trinajstić information content (AvgIpc) is 2.23. The van der Waals surface area contributed by atoms with Gasteiger partial charge in [-0.3, -0.25) is 14.2 Å². The van der Waals surface area contributed by atoms with Crippen molar-refractivity contribution < 1.29 is 42.1 Å². The van der Waals surface area contributed by atoms with Gasteiger partial charge in [0, 0.05) is 12.8 Å². The average molecular weight is 1300 g/mol. The van der Waals surface area contributed by atoms with Crippen molar-refractivity contribution in [2.24, 2.45) is 0 Å². The number of esters is 2. The number of hydrogen-bond acceptors (Lipinski definition) is 8. The van der Waals surface area contributed by atoms with Crippen molar-refractivity contribution in [3.05, 3.63) is 122 Å². The molecule has 0 saturated carbocycles. The fraction of sp³-hybridized carbons (Fsp3) is 0.732. The van der Waals surface area contributed by atoms with Gasteiger partial charge in [-0.05, 0) is 89.9 Å². The van der Waals surface area contributed by atoms with Gasteiger partial charge in [0.2, 0.25) is 0 Å². The molecule has 0 aliphatic carbocycles. The first-order valence-corrected chi connectivity index (χ1v) is 39.7. The zero-order valence-electron chi connectivity index (χ0n) is 60.5. The fourth-order valence-corrected chi connectivity index (χ4v) is 11.4. The Labute approximate surface area is 568 Å². The van der Waals surface area contributed by atoms with Crippen LogP contribution in [0.4, 0.5) is 0 Å². The van der Waals surface area contributed by atoms with Crippen molar-refractivity contribution >= 4 is 19.8 Å². The molecular weight excluding hydrogens is 1160 g/mol. The van der Waals surface area contributed by atoms with Crippen LogP contribution in [0.3, 0.4) is 0 Å². The molecule has 0 spiro atoms. The highest BCUT2D eigenvalue weighted by atomic mass is 31.2. The van der Waals surface area contributed by atoms with Crippen LogP contribution in [-0.4, -0.2) is 70.0 Å². The quantitative estimate of drug-likeness (QED) is 0.0195. The Bertz CT molecular complexity index is 1970. The van der Waals surface area contributed by atoms with Crippen molar-refractivity contribution in [3.63, 3.8) is 0 Å². The van der Waals surface area contributed by atoms with E-state index in [2.05, 4.69) is 135 Å². The van der Waals surface area contributed by atoms with Gasteiger partial charge in [0.15, 0.2) is 6.10 Å². The smallest absolute Gasteiger partial charge is 0.306 e. The lowest BCUT2D eigenvalue weighted by Crippen LogP contribution is -2.37. The van der Waals surface area contributed by atoms with Gasteiger partial charge >= 0.3 is 11.9 Å². The summed E-state index contributed by atoms with van der Waals surface area (Å²) in [7, 11) is 1.16. The van der Waals surface area contributed by atoms with E-state index in [1.165, 1.54) is 193 Å². The molecule has 0 amide bonds. The Morgan fingerprint density at radius 2 is 0.620 bits per heavy atom. The van der Waals surface area contributed by atoms with Gasteiger partial charge in [-0.1, -0.05) is 354 Å². The molecule has 0 rings (SSSR count). The molecular formula is C82H144NO8P. The first kappa shape index (κ1) is 88.4. The van der Waals surface area contributed by atoms with Crippen molar-refractivity contribution in [3.8, 4) is 0 Å². The number of hydrogen-bond donors (Lipinski definition) is 0. The normalized spacial score (nSPS) is 13.8. The predicted molar refractivity (Wildman–Crippen MR) is 397 cm³/mol. The molecule has 10 heteroatoms. The highest BCUT2D eigenvalue weighted by Gasteiger charge is 2.22. The van der Waals surface area contributed by atoms with Gasteiger partial charge in [-0.25, -0.2) is 0 Å². The number of carbonyl (C=O) groups excluding carboxylic acids is 2. The molecule has 0 aromatic carbocycles. The SMILES string of the molecule is CC/C=C\C/C=C\C/C=C\C/C=C\C/C=C\C/C=C\C/C=C\C/C=C\C/C=C\C/C=C\CCCCCCCCCCCCC(=O)OC(COC(=O)CCCCCCCCCCCCCCCCCCCCCCCCCCCCC)COP(=O)([O-])OCC[N+](C)(C)C. The zero-order valence-corrected chi connectivity index (χ0v) is 61.4. The Balaban J connectivity index is 4.04. The van der Waals surface area contributed by atoms with E-state index in [4.69, 9.17) is 18.5 Å². The third kappa shape index (κ3) is 75.4. The Morgan fingerprint density at radius 3 is 0.924 bits per heavy atom. The molecule has 9 nitrogen and oxygen atoms in total. The number of nitrogens with zero attached hydrogens (tertiary/aromatic N) is 1. The second kappa shape index (κ2) is 71.7. The summed E-state index contributed by atoms with van der Waals surface area (Å²) in [6.07, 6.45) is 103. The van der Waals surface area contributed by atoms with Gasteiger partial charge in [0.25, 0.3) is 7.82 Å². The highest BCUT2D eigenvalue weighted by Crippen LogP contribution is 2.38. The molecule has 0 aliphatic rings. The van der Waals surface area contributed by atoms with Crippen LogP contribution in [0.2, 0.25) is 0 Å². The Kier molecular flexibility index (Phi) is 68.9. The summed E-state index contributed by atoms with van der Waals surface area (Å²) in [6, 6.07) is 0. The largest absolute Gasteiger partial charge is 0.756 e. The number of phosphoric acid groups is 1. The second-order valence-corrected chi connectivity index (χ2v) is 28.1. The molecule has 530 valence electrons. The van der Waals surface area contributed by atoms with E-state index in [9.17, 15) is 19.0 Å². The lowest BCUT2D eigenvalue weighted by Gasteiger charge is -2.28. The number of ether oxygens (including phenoxy) is 2. The fourth-order valence-electron chi connectivity index (χ4n) is 10.7. The maximum Gasteiger partial charge on any atom is 0.306 e. The van der Waals surface area contributed by atoms with E-state index < -0.39 is 26.5 Å². The van der Waals surface area contributed by atoms with E-state index in [1.54, 1.807) is 0 Å². The molecule has 0 bridgehead atoms. The van der Waals surface area contributed by atoms with Crippen LogP contribution in [0.1, 0.15) is 335 Å². The molecule has 0 aromatic heterocycles. The molecule has 0 N–H and O–H groups in total. The minimum atomic E-state index is -4.65. The number of likely N-dealkylation sites (N-methyl/N-ethyl adjacent to an activating group) is 1. The summed E-state index contributed by atoms with van der Waals surface area (Å²) in [5.74, 6) is -0.829. The third-order valence-corrected chi connectivity index (χ3v) is 17.5. The number of allylic oxidation sites excluding steroid dienone is 20. The van der Waals surface area contributed by atoms with E-state index in [-0.39, 0.29) is 32.0 Å². The van der Waals surface area contributed by atoms with E-state index in [1.807, 2.05) is 21.1 Å². The van der Waals surface area contributed by atoms with Crippen molar-refractivity contribution in [1.82, 2.24) is 0 Å². The topological polar surface area (TPSA) is 111 Å². The predicted octanol–water partition coefficient (Wildman–Crippen LogP) is 24.8. The molecule has 0 aromatic rings. The molecule has 0 heterocycles. The van der Waals surface area contributed by atoms with Gasteiger partial charge in [0.1, 0.15) is 19.8 Å². The summed E-state index contributed by atoms with van der Waals surface area (Å²) < 4.78 is 34.4. The summed E-state index contributed by atoms with van der Waals surface area (Å²) in [4.78, 5) is 38.1. The van der Waals surface area contributed by atoms with E-state index in [0.717, 1.165) is 109 Å². The van der Waals surface area contributed by atoms with Crippen LogP contribution in [-0.2, 0) is 32.7 Å². The van der Waals surface area contributed by atoms with Crippen LogP contribution in [0.5, 0.6) is 0 Å². The monoisotopic (exact) mass is 1300 g/mol. The number of quaternary nitrogens is 1. The molecule has 0 saturated heterocycles. The summed E-state index contributed by atoms with van der Waals surface area (Å²) in [5.41, 5.74) is 0. The number of rotatable bonds is 70. The minimum absolute atomic E-state index is 0.0346. The number of phosphoric ester groups is 1. The first-order valence-electron chi connectivity index (χ1n) is 38.2. The zero-order chi connectivity index (χ0) is 66.9. The molecule has 2 atom stereocenters. The number of unbranched alkanes of at least 4 members (excludes halogenated alkanes) is 36. The van der Waals surface area contributed by atoms with Gasteiger partial charge < -0.3 is 27.9 Å². The van der Waals surface area contributed by atoms with Crippen LogP contribution in [0.15, 0.2) is 122 Å². The molecule has 0 radical (unpaired) electrons. The molecule has 92 heavy (non-hydrogen) atoms. The van der Waals surface area contributed by atoms with Crippen molar-refractivity contribution in [2.75, 3.05) is 47.5 Å². The summed E-state index contributed by atoms with van der Waals surface area (Å²) in [5, 5.41) is 0. The van der Waals surface area contributed by atoms with Gasteiger partial charge in [0.05, 0.1) is 27.7 Å². The molecule has 0 aliphatic heterocycles. The number of carbonyl (C=O) groups is 2. The van der Waals surface area contributed by atoms with Crippen LogP contribution in [0.25, 0.3) is 0 Å².